The molecule has 3 atom stereocenters. The van der Waals surface area contributed by atoms with Crippen molar-refractivity contribution in [3.05, 3.63) is 48.2 Å². The minimum Gasteiger partial charge on any atom is -0.493 e. The Labute approximate surface area is 156 Å². The van der Waals surface area contributed by atoms with Crippen LogP contribution in [0.3, 0.4) is 0 Å². The van der Waals surface area contributed by atoms with Gasteiger partial charge in [0.2, 0.25) is 5.91 Å². The lowest BCUT2D eigenvalue weighted by molar-refractivity contribution is -0.121. The smallest absolute Gasteiger partial charge is 0.230 e. The molecule has 0 bridgehead atoms. The predicted octanol–water partition coefficient (Wildman–Crippen LogP) is 2.65. The van der Waals surface area contributed by atoms with Crippen molar-refractivity contribution in [1.29, 1.82) is 0 Å². The van der Waals surface area contributed by atoms with Crippen LogP contribution >= 0.6 is 0 Å². The van der Waals surface area contributed by atoms with Crippen LogP contribution in [0.2, 0.25) is 0 Å². The Morgan fingerprint density at radius 2 is 2.22 bits per heavy atom. The van der Waals surface area contributed by atoms with Gasteiger partial charge in [0.25, 0.3) is 0 Å². The van der Waals surface area contributed by atoms with E-state index in [9.17, 15) is 9.18 Å². The molecule has 0 radical (unpaired) electrons. The summed E-state index contributed by atoms with van der Waals surface area (Å²) in [6.45, 7) is 2.07. The zero-order chi connectivity index (χ0) is 18.4. The molecule has 0 spiro atoms. The number of hydrogen-bond acceptors (Lipinski definition) is 5. The Kier molecular flexibility index (Phi) is 4.04. The number of carbonyl (C=O) groups is 1. The molecule has 5 rings (SSSR count). The molecule has 1 saturated heterocycles. The van der Waals surface area contributed by atoms with Crippen LogP contribution in [-0.4, -0.2) is 40.5 Å². The van der Waals surface area contributed by atoms with Crippen LogP contribution in [0.1, 0.15) is 24.4 Å². The van der Waals surface area contributed by atoms with Crippen LogP contribution in [-0.2, 0) is 4.79 Å². The minimum absolute atomic E-state index is 0.000104. The number of carbonyl (C=O) groups excluding carboxylic acids is 1. The van der Waals surface area contributed by atoms with Crippen molar-refractivity contribution in [2.75, 3.05) is 25.0 Å². The average molecular weight is 368 g/mol. The average Bonchev–Trinajstić information content (AvgIpc) is 3.41. The standard InChI is InChI=1S/C20H21FN4O2/c21-13-3-4-17-14(7-13)19-16(10-27-17)15(9-25(19)8-12-1-2-12)20(26)24-18-5-6-22-11-23-18/h3-7,11-12,15-16,19H,1-2,8-10H2,(H,22,23,24,26)/t15-,16+,19+/m1/s1. The Balaban J connectivity index is 1.44. The molecular weight excluding hydrogens is 347 g/mol. The van der Waals surface area contributed by atoms with E-state index in [0.717, 1.165) is 17.9 Å². The third-order valence-electron chi connectivity index (χ3n) is 5.83. The molecular formula is C20H21FN4O2. The topological polar surface area (TPSA) is 67.4 Å². The highest BCUT2D eigenvalue weighted by molar-refractivity contribution is 5.92. The zero-order valence-electron chi connectivity index (χ0n) is 14.8. The maximum Gasteiger partial charge on any atom is 0.230 e. The van der Waals surface area contributed by atoms with E-state index in [1.165, 1.54) is 25.2 Å². The van der Waals surface area contributed by atoms with Crippen molar-refractivity contribution < 1.29 is 13.9 Å². The maximum absolute atomic E-state index is 13.9. The normalized spacial score (nSPS) is 26.8. The third kappa shape index (κ3) is 3.16. The van der Waals surface area contributed by atoms with E-state index in [-0.39, 0.29) is 29.6 Å². The van der Waals surface area contributed by atoms with E-state index >= 15 is 0 Å². The van der Waals surface area contributed by atoms with Crippen molar-refractivity contribution in [2.24, 2.45) is 17.8 Å². The number of aromatic nitrogens is 2. The summed E-state index contributed by atoms with van der Waals surface area (Å²) in [6.07, 6.45) is 5.48. The number of amides is 1. The van der Waals surface area contributed by atoms with Crippen LogP contribution in [0.4, 0.5) is 10.2 Å². The lowest BCUT2D eigenvalue weighted by atomic mass is 9.85. The molecule has 6 nitrogen and oxygen atoms in total. The first-order valence-electron chi connectivity index (χ1n) is 9.42. The SMILES string of the molecule is O=C(Nc1ccncn1)[C@@H]1CN(CC2CC2)[C@H]2c3cc(F)ccc3OC[C@@H]12. The lowest BCUT2D eigenvalue weighted by Gasteiger charge is -2.34. The lowest BCUT2D eigenvalue weighted by Crippen LogP contribution is -2.35. The first-order chi connectivity index (χ1) is 13.2. The monoisotopic (exact) mass is 368 g/mol. The summed E-state index contributed by atoms with van der Waals surface area (Å²) in [7, 11) is 0. The molecule has 2 aromatic rings. The van der Waals surface area contributed by atoms with Crippen molar-refractivity contribution in [1.82, 2.24) is 14.9 Å². The van der Waals surface area contributed by atoms with Crippen LogP contribution in [0.25, 0.3) is 0 Å². The highest BCUT2D eigenvalue weighted by Crippen LogP contribution is 2.49. The van der Waals surface area contributed by atoms with Crippen LogP contribution < -0.4 is 10.1 Å². The predicted molar refractivity (Wildman–Crippen MR) is 96.6 cm³/mol. The molecule has 2 aliphatic heterocycles. The van der Waals surface area contributed by atoms with Gasteiger partial charge in [0.05, 0.1) is 12.5 Å². The maximum atomic E-state index is 13.9. The van der Waals surface area contributed by atoms with E-state index in [1.807, 2.05) is 0 Å². The van der Waals surface area contributed by atoms with Gasteiger partial charge in [-0.2, -0.15) is 0 Å². The molecule has 1 aromatic heterocycles. The number of halogens is 1. The van der Waals surface area contributed by atoms with Crippen LogP contribution in [0, 0.1) is 23.6 Å². The van der Waals surface area contributed by atoms with Gasteiger partial charge >= 0.3 is 0 Å². The fourth-order valence-electron chi connectivity index (χ4n) is 4.38. The summed E-state index contributed by atoms with van der Waals surface area (Å²) in [5.41, 5.74) is 0.865. The molecule has 140 valence electrons. The molecule has 27 heavy (non-hydrogen) atoms. The van der Waals surface area contributed by atoms with Gasteiger partial charge in [0.15, 0.2) is 0 Å². The van der Waals surface area contributed by atoms with Crippen molar-refractivity contribution in [2.45, 2.75) is 18.9 Å². The second-order valence-corrected chi connectivity index (χ2v) is 7.69. The molecule has 2 fully saturated rings. The molecule has 1 amide bonds. The molecule has 1 aromatic carbocycles. The number of benzene rings is 1. The van der Waals surface area contributed by atoms with E-state index in [4.69, 9.17) is 4.74 Å². The van der Waals surface area contributed by atoms with Gasteiger partial charge < -0.3 is 10.1 Å². The van der Waals surface area contributed by atoms with E-state index in [1.54, 1.807) is 24.4 Å². The number of anilines is 1. The van der Waals surface area contributed by atoms with Crippen molar-refractivity contribution in [3.8, 4) is 5.75 Å². The summed E-state index contributed by atoms with van der Waals surface area (Å²) in [5, 5.41) is 2.90. The molecule has 7 heteroatoms. The quantitative estimate of drug-likeness (QED) is 0.899. The van der Waals surface area contributed by atoms with Gasteiger partial charge in [-0.3, -0.25) is 9.69 Å². The summed E-state index contributed by atoms with van der Waals surface area (Å²) in [6, 6.07) is 6.39. The highest BCUT2D eigenvalue weighted by Gasteiger charge is 2.50. The molecule has 3 aliphatic rings. The summed E-state index contributed by atoms with van der Waals surface area (Å²) >= 11 is 0. The van der Waals surface area contributed by atoms with Gasteiger partial charge in [-0.15, -0.1) is 0 Å². The fourth-order valence-corrected chi connectivity index (χ4v) is 4.38. The molecule has 1 N–H and O–H groups in total. The van der Waals surface area contributed by atoms with Gasteiger partial charge in [0.1, 0.15) is 23.7 Å². The Morgan fingerprint density at radius 1 is 1.33 bits per heavy atom. The first-order valence-corrected chi connectivity index (χ1v) is 9.42. The zero-order valence-corrected chi connectivity index (χ0v) is 14.8. The van der Waals surface area contributed by atoms with Gasteiger partial charge in [-0.1, -0.05) is 0 Å². The molecule has 1 aliphatic carbocycles. The summed E-state index contributed by atoms with van der Waals surface area (Å²) in [5.74, 6) is 1.36. The van der Waals surface area contributed by atoms with E-state index in [0.29, 0.717) is 24.9 Å². The minimum atomic E-state index is -0.266. The Morgan fingerprint density at radius 3 is 3.00 bits per heavy atom. The number of fused-ring (bicyclic) bond motifs is 3. The van der Waals surface area contributed by atoms with Crippen LogP contribution in [0.5, 0.6) is 5.75 Å². The number of hydrogen-bond donors (Lipinski definition) is 1. The Hall–Kier alpha value is -2.54. The number of ether oxygens (including phenoxy) is 1. The van der Waals surface area contributed by atoms with Crippen LogP contribution in [0.15, 0.2) is 36.8 Å². The van der Waals surface area contributed by atoms with E-state index < -0.39 is 0 Å². The fraction of sp³-hybridized carbons (Fsp3) is 0.450. The summed E-state index contributed by atoms with van der Waals surface area (Å²) < 4.78 is 19.8. The molecule has 1 saturated carbocycles. The number of nitrogens with zero attached hydrogens (tertiary/aromatic N) is 3. The second kappa shape index (κ2) is 6.56. The highest BCUT2D eigenvalue weighted by atomic mass is 19.1. The first kappa shape index (κ1) is 16.6. The summed E-state index contributed by atoms with van der Waals surface area (Å²) in [4.78, 5) is 23.3. The van der Waals surface area contributed by atoms with E-state index in [2.05, 4.69) is 20.2 Å². The van der Waals surface area contributed by atoms with Gasteiger partial charge in [0, 0.05) is 36.8 Å². The number of likely N-dealkylation sites (tertiary alicyclic amines) is 1. The van der Waals surface area contributed by atoms with Crippen molar-refractivity contribution in [3.63, 3.8) is 0 Å². The number of nitrogens with one attached hydrogen (secondary N) is 1. The molecule has 3 heterocycles. The van der Waals surface area contributed by atoms with Crippen molar-refractivity contribution >= 4 is 11.7 Å². The van der Waals surface area contributed by atoms with Gasteiger partial charge in [-0.25, -0.2) is 14.4 Å². The second-order valence-electron chi connectivity index (χ2n) is 7.69. The largest absolute Gasteiger partial charge is 0.493 e. The Bertz CT molecular complexity index is 858. The number of rotatable bonds is 4. The third-order valence-corrected chi connectivity index (χ3v) is 5.83. The molecule has 0 unspecified atom stereocenters. The van der Waals surface area contributed by atoms with Gasteiger partial charge in [-0.05, 0) is 43.0 Å².